The van der Waals surface area contributed by atoms with E-state index >= 15 is 0 Å². The number of ether oxygens (including phenoxy) is 1. The van der Waals surface area contributed by atoms with E-state index in [1.54, 1.807) is 11.8 Å². The number of rotatable bonds is 6. The fourth-order valence-electron chi connectivity index (χ4n) is 4.79. The van der Waals surface area contributed by atoms with Crippen LogP contribution in [0.2, 0.25) is 0 Å². The van der Waals surface area contributed by atoms with Gasteiger partial charge in [0.1, 0.15) is 0 Å². The molecule has 0 saturated carbocycles. The standard InChI is InChI=1S/C26H29N5O2S/c1-16-21(17(2)27-25-24(16)26(33-4)29-30(25)3)9-10-23(32)28-19-5-7-20(8-6-19)31-13-11-22-18(15-31)12-14-34-22/h5-8,12,14H,9-11,13,15H2,1-4H3,(H,28,32). The molecule has 0 fully saturated rings. The Morgan fingerprint density at radius 3 is 2.76 bits per heavy atom. The van der Waals surface area contributed by atoms with Crippen LogP contribution in [0.15, 0.2) is 35.7 Å². The van der Waals surface area contributed by atoms with E-state index in [0.717, 1.165) is 53.1 Å². The number of methoxy groups -OCH3 is 1. The largest absolute Gasteiger partial charge is 0.479 e. The number of carbonyl (C=O) groups is 1. The van der Waals surface area contributed by atoms with Crippen LogP contribution in [0, 0.1) is 13.8 Å². The van der Waals surface area contributed by atoms with E-state index < -0.39 is 0 Å². The molecule has 1 amide bonds. The molecule has 0 atom stereocenters. The van der Waals surface area contributed by atoms with Crippen molar-refractivity contribution >= 4 is 39.7 Å². The van der Waals surface area contributed by atoms with Crippen molar-refractivity contribution in [1.29, 1.82) is 0 Å². The molecule has 0 radical (unpaired) electrons. The van der Waals surface area contributed by atoms with Gasteiger partial charge in [-0.3, -0.25) is 4.79 Å². The number of nitrogens with one attached hydrogen (secondary N) is 1. The molecule has 34 heavy (non-hydrogen) atoms. The fourth-order valence-corrected chi connectivity index (χ4v) is 5.68. The van der Waals surface area contributed by atoms with Crippen molar-refractivity contribution < 1.29 is 9.53 Å². The van der Waals surface area contributed by atoms with Gasteiger partial charge in [-0.25, -0.2) is 9.67 Å². The Hall–Kier alpha value is -3.39. The maximum Gasteiger partial charge on any atom is 0.242 e. The quantitative estimate of drug-likeness (QED) is 0.434. The molecule has 0 spiro atoms. The first-order valence-corrected chi connectivity index (χ1v) is 12.4. The Morgan fingerprint density at radius 2 is 2.00 bits per heavy atom. The fraction of sp³-hybridized carbons (Fsp3) is 0.346. The molecule has 4 aromatic rings. The summed E-state index contributed by atoms with van der Waals surface area (Å²) in [6.45, 7) is 6.01. The van der Waals surface area contributed by atoms with Crippen molar-refractivity contribution in [3.05, 3.63) is 63.0 Å². The molecule has 1 N–H and O–H groups in total. The van der Waals surface area contributed by atoms with Gasteiger partial charge in [0.05, 0.1) is 12.5 Å². The lowest BCUT2D eigenvalue weighted by Crippen LogP contribution is -2.29. The van der Waals surface area contributed by atoms with Gasteiger partial charge in [0.15, 0.2) is 5.65 Å². The lowest BCUT2D eigenvalue weighted by atomic mass is 10.00. The van der Waals surface area contributed by atoms with Crippen LogP contribution in [0.3, 0.4) is 0 Å². The van der Waals surface area contributed by atoms with Gasteiger partial charge in [-0.05, 0) is 79.1 Å². The summed E-state index contributed by atoms with van der Waals surface area (Å²) in [6, 6.07) is 10.4. The monoisotopic (exact) mass is 475 g/mol. The Labute approximate surface area is 203 Å². The van der Waals surface area contributed by atoms with E-state index in [4.69, 9.17) is 9.72 Å². The van der Waals surface area contributed by atoms with Crippen LogP contribution in [0.4, 0.5) is 11.4 Å². The number of fused-ring (bicyclic) bond motifs is 2. The number of hydrogen-bond donors (Lipinski definition) is 1. The number of benzene rings is 1. The molecule has 1 aromatic carbocycles. The summed E-state index contributed by atoms with van der Waals surface area (Å²) < 4.78 is 7.17. The van der Waals surface area contributed by atoms with E-state index in [0.29, 0.717) is 18.7 Å². The molecule has 176 valence electrons. The summed E-state index contributed by atoms with van der Waals surface area (Å²) in [5, 5.41) is 10.5. The predicted octanol–water partition coefficient (Wildman–Crippen LogP) is 4.79. The van der Waals surface area contributed by atoms with Crippen molar-refractivity contribution in [2.75, 3.05) is 23.9 Å². The van der Waals surface area contributed by atoms with Crippen molar-refractivity contribution in [2.24, 2.45) is 7.05 Å². The molecule has 0 bridgehead atoms. The molecule has 4 heterocycles. The third-order valence-corrected chi connectivity index (χ3v) is 7.67. The maximum absolute atomic E-state index is 12.7. The van der Waals surface area contributed by atoms with E-state index in [1.807, 2.05) is 44.4 Å². The van der Waals surface area contributed by atoms with Crippen molar-refractivity contribution in [1.82, 2.24) is 14.8 Å². The minimum Gasteiger partial charge on any atom is -0.479 e. The van der Waals surface area contributed by atoms with Crippen LogP contribution in [0.25, 0.3) is 11.0 Å². The number of aromatic nitrogens is 3. The van der Waals surface area contributed by atoms with E-state index in [1.165, 1.54) is 16.1 Å². The zero-order valence-corrected chi connectivity index (χ0v) is 20.8. The minimum absolute atomic E-state index is 0.00862. The summed E-state index contributed by atoms with van der Waals surface area (Å²) in [4.78, 5) is 21.3. The van der Waals surface area contributed by atoms with Crippen LogP contribution >= 0.6 is 11.3 Å². The summed E-state index contributed by atoms with van der Waals surface area (Å²) in [5.41, 5.74) is 7.29. The number of thiophene rings is 1. The lowest BCUT2D eigenvalue weighted by Gasteiger charge is -2.29. The Morgan fingerprint density at radius 1 is 1.21 bits per heavy atom. The van der Waals surface area contributed by atoms with Gasteiger partial charge in [-0.2, -0.15) is 0 Å². The highest BCUT2D eigenvalue weighted by Crippen LogP contribution is 2.31. The van der Waals surface area contributed by atoms with Crippen LogP contribution in [-0.4, -0.2) is 34.3 Å². The summed E-state index contributed by atoms with van der Waals surface area (Å²) >= 11 is 1.85. The highest BCUT2D eigenvalue weighted by molar-refractivity contribution is 7.10. The third kappa shape index (κ3) is 4.14. The Balaban J connectivity index is 1.23. The van der Waals surface area contributed by atoms with Gasteiger partial charge in [-0.1, -0.05) is 0 Å². The van der Waals surface area contributed by atoms with E-state index in [9.17, 15) is 4.79 Å². The van der Waals surface area contributed by atoms with E-state index in [2.05, 4.69) is 38.9 Å². The highest BCUT2D eigenvalue weighted by atomic mass is 32.1. The van der Waals surface area contributed by atoms with Gasteiger partial charge in [0, 0.05) is 48.5 Å². The number of aryl methyl sites for hydroxylation is 3. The molecule has 1 aliphatic heterocycles. The van der Waals surface area contributed by atoms with E-state index in [-0.39, 0.29) is 5.91 Å². The first kappa shape index (κ1) is 22.4. The van der Waals surface area contributed by atoms with Gasteiger partial charge in [-0.15, -0.1) is 16.4 Å². The topological polar surface area (TPSA) is 72.3 Å². The summed E-state index contributed by atoms with van der Waals surface area (Å²) in [6.07, 6.45) is 2.08. The summed E-state index contributed by atoms with van der Waals surface area (Å²) in [5.74, 6) is 0.558. The molecular formula is C26H29N5O2S. The smallest absolute Gasteiger partial charge is 0.242 e. The average Bonchev–Trinajstić information content (AvgIpc) is 3.43. The van der Waals surface area contributed by atoms with Gasteiger partial charge < -0.3 is 15.0 Å². The van der Waals surface area contributed by atoms with Crippen LogP contribution in [-0.2, 0) is 31.2 Å². The normalized spacial score (nSPS) is 13.2. The molecule has 0 aliphatic carbocycles. The molecule has 8 heteroatoms. The second-order valence-corrected chi connectivity index (χ2v) is 9.77. The molecular weight excluding hydrogens is 446 g/mol. The third-order valence-electron chi connectivity index (χ3n) is 6.64. The zero-order chi connectivity index (χ0) is 23.8. The van der Waals surface area contributed by atoms with Gasteiger partial charge >= 0.3 is 0 Å². The SMILES string of the molecule is COc1nn(C)c2nc(C)c(CCC(=O)Nc3ccc(N4CCc5sccc5C4)cc3)c(C)c12. The maximum atomic E-state index is 12.7. The molecule has 5 rings (SSSR count). The van der Waals surface area contributed by atoms with Crippen LogP contribution in [0.5, 0.6) is 5.88 Å². The molecule has 3 aromatic heterocycles. The first-order valence-electron chi connectivity index (χ1n) is 11.5. The lowest BCUT2D eigenvalue weighted by molar-refractivity contribution is -0.116. The number of pyridine rings is 1. The van der Waals surface area contributed by atoms with Crippen LogP contribution < -0.4 is 15.0 Å². The van der Waals surface area contributed by atoms with Gasteiger partial charge in [0.25, 0.3) is 0 Å². The minimum atomic E-state index is -0.00862. The molecule has 1 aliphatic rings. The second-order valence-electron chi connectivity index (χ2n) is 8.77. The van der Waals surface area contributed by atoms with Crippen molar-refractivity contribution in [3.8, 4) is 5.88 Å². The number of nitrogens with zero attached hydrogens (tertiary/aromatic N) is 4. The molecule has 0 saturated heterocycles. The number of anilines is 2. The van der Waals surface area contributed by atoms with Gasteiger partial charge in [0.2, 0.25) is 11.8 Å². The predicted molar refractivity (Wildman–Crippen MR) is 137 cm³/mol. The Bertz CT molecular complexity index is 1360. The van der Waals surface area contributed by atoms with Crippen LogP contribution in [0.1, 0.15) is 33.7 Å². The first-order chi connectivity index (χ1) is 16.4. The second kappa shape index (κ2) is 9.10. The van der Waals surface area contributed by atoms with Crippen molar-refractivity contribution in [2.45, 2.75) is 39.7 Å². The zero-order valence-electron chi connectivity index (χ0n) is 20.0. The number of amides is 1. The van der Waals surface area contributed by atoms with Crippen molar-refractivity contribution in [3.63, 3.8) is 0 Å². The Kier molecular flexibility index (Phi) is 6.00. The summed E-state index contributed by atoms with van der Waals surface area (Å²) in [7, 11) is 3.48. The molecule has 7 nitrogen and oxygen atoms in total. The highest BCUT2D eigenvalue weighted by Gasteiger charge is 2.19. The average molecular weight is 476 g/mol. The number of carbonyl (C=O) groups excluding carboxylic acids is 1. The number of hydrogen-bond acceptors (Lipinski definition) is 6. The molecule has 0 unspecified atom stereocenters.